The highest BCUT2D eigenvalue weighted by Crippen LogP contribution is 2.36. The van der Waals surface area contributed by atoms with Gasteiger partial charge in [-0.25, -0.2) is 0 Å². The summed E-state index contributed by atoms with van der Waals surface area (Å²) < 4.78 is 12.3. The van der Waals surface area contributed by atoms with Crippen LogP contribution in [0.3, 0.4) is 0 Å². The second-order valence-electron chi connectivity index (χ2n) is 9.67. The van der Waals surface area contributed by atoms with Crippen LogP contribution in [0.2, 0.25) is 0 Å². The topological polar surface area (TPSA) is 69.0 Å². The zero-order valence-corrected chi connectivity index (χ0v) is 23.9. The molecule has 5 rings (SSSR count). The Hall–Kier alpha value is -3.68. The van der Waals surface area contributed by atoms with Crippen molar-refractivity contribution < 1.29 is 14.3 Å². The zero-order chi connectivity index (χ0) is 27.9. The van der Waals surface area contributed by atoms with Gasteiger partial charge in [0.15, 0.2) is 4.32 Å². The molecule has 0 saturated carbocycles. The molecule has 40 heavy (non-hydrogen) atoms. The van der Waals surface area contributed by atoms with Crippen LogP contribution in [0.1, 0.15) is 17.5 Å². The van der Waals surface area contributed by atoms with Crippen LogP contribution >= 0.6 is 24.0 Å². The first kappa shape index (κ1) is 27.9. The monoisotopic (exact) mass is 570 g/mol. The number of likely N-dealkylation sites (N-methyl/N-ethyl adjacent to an activating group) is 1. The Balaban J connectivity index is 1.14. The number of amides is 1. The van der Waals surface area contributed by atoms with E-state index in [4.69, 9.17) is 27.0 Å². The lowest BCUT2D eigenvalue weighted by Crippen LogP contribution is -2.44. The van der Waals surface area contributed by atoms with E-state index in [0.717, 1.165) is 56.1 Å². The molecule has 2 aliphatic heterocycles. The first-order valence-corrected chi connectivity index (χ1v) is 14.4. The molecule has 9 heteroatoms. The van der Waals surface area contributed by atoms with Gasteiger partial charge in [-0.1, -0.05) is 36.1 Å². The van der Waals surface area contributed by atoms with Crippen molar-refractivity contribution in [3.8, 4) is 23.3 Å². The molecule has 0 radical (unpaired) electrons. The number of ether oxygens (including phenoxy) is 2. The number of nitrogens with zero attached hydrogens (tertiary/aromatic N) is 4. The Morgan fingerprint density at radius 1 is 0.925 bits per heavy atom. The number of carbonyl (C=O) groups excluding carboxylic acids is 1. The molecule has 0 aromatic heterocycles. The molecule has 1 amide bonds. The van der Waals surface area contributed by atoms with Crippen LogP contribution in [0.4, 0.5) is 5.69 Å². The fourth-order valence-electron chi connectivity index (χ4n) is 4.45. The molecule has 2 heterocycles. The highest BCUT2D eigenvalue weighted by molar-refractivity contribution is 8.27. The molecule has 3 aromatic rings. The molecule has 0 spiro atoms. The third-order valence-corrected chi connectivity index (χ3v) is 8.07. The van der Waals surface area contributed by atoms with Crippen molar-refractivity contribution in [2.75, 3.05) is 51.3 Å². The maximum atomic E-state index is 13.2. The quantitative estimate of drug-likeness (QED) is 0.182. The minimum Gasteiger partial charge on any atom is -0.494 e. The summed E-state index contributed by atoms with van der Waals surface area (Å²) in [6.07, 6.45) is 2.82. The van der Waals surface area contributed by atoms with E-state index in [1.807, 2.05) is 54.6 Å². The summed E-state index contributed by atoms with van der Waals surface area (Å²) in [5, 5.41) is 8.93. The fraction of sp³-hybridized carbons (Fsp3) is 0.258. The maximum absolute atomic E-state index is 13.2. The summed E-state index contributed by atoms with van der Waals surface area (Å²) in [7, 11) is 2.17. The predicted octanol–water partition coefficient (Wildman–Crippen LogP) is 5.77. The van der Waals surface area contributed by atoms with Gasteiger partial charge in [0.1, 0.15) is 17.2 Å². The maximum Gasteiger partial charge on any atom is 0.270 e. The van der Waals surface area contributed by atoms with Crippen LogP contribution in [0.25, 0.3) is 6.08 Å². The van der Waals surface area contributed by atoms with E-state index in [9.17, 15) is 4.79 Å². The molecule has 2 aliphatic rings. The van der Waals surface area contributed by atoms with E-state index in [1.54, 1.807) is 29.2 Å². The number of thioether (sulfide) groups is 1. The summed E-state index contributed by atoms with van der Waals surface area (Å²) in [4.78, 5) is 20.2. The van der Waals surface area contributed by atoms with E-state index in [-0.39, 0.29) is 5.91 Å². The van der Waals surface area contributed by atoms with Gasteiger partial charge >= 0.3 is 0 Å². The molecule has 0 aliphatic carbocycles. The highest BCUT2D eigenvalue weighted by Gasteiger charge is 2.33. The lowest BCUT2D eigenvalue weighted by Gasteiger charge is -2.32. The molecular weight excluding hydrogens is 541 g/mol. The van der Waals surface area contributed by atoms with Crippen molar-refractivity contribution in [3.05, 3.63) is 88.8 Å². The first-order chi connectivity index (χ1) is 19.5. The number of benzene rings is 3. The lowest BCUT2D eigenvalue weighted by atomic mass is 10.2. The predicted molar refractivity (Wildman–Crippen MR) is 164 cm³/mol. The summed E-state index contributed by atoms with van der Waals surface area (Å²) in [5.74, 6) is 1.95. The summed E-state index contributed by atoms with van der Waals surface area (Å²) in [6, 6.07) is 24.0. The van der Waals surface area contributed by atoms with Crippen molar-refractivity contribution >= 4 is 46.0 Å². The first-order valence-electron chi connectivity index (χ1n) is 13.2. The molecule has 0 unspecified atom stereocenters. The molecule has 2 fully saturated rings. The van der Waals surface area contributed by atoms with Gasteiger partial charge in [-0.2, -0.15) is 5.26 Å². The molecule has 0 bridgehead atoms. The molecule has 0 atom stereocenters. The van der Waals surface area contributed by atoms with Crippen LogP contribution in [-0.4, -0.2) is 66.4 Å². The largest absolute Gasteiger partial charge is 0.494 e. The Kier molecular flexibility index (Phi) is 9.14. The number of anilines is 1. The average molecular weight is 571 g/mol. The lowest BCUT2D eigenvalue weighted by molar-refractivity contribution is -0.113. The minimum atomic E-state index is -0.145. The van der Waals surface area contributed by atoms with Crippen molar-refractivity contribution in [2.45, 2.75) is 6.42 Å². The summed E-state index contributed by atoms with van der Waals surface area (Å²) in [6.45, 7) is 6.17. The molecule has 7 nitrogen and oxygen atoms in total. The van der Waals surface area contributed by atoms with E-state index in [2.05, 4.69) is 22.9 Å². The van der Waals surface area contributed by atoms with Crippen LogP contribution in [0.5, 0.6) is 17.2 Å². The van der Waals surface area contributed by atoms with Gasteiger partial charge in [0.25, 0.3) is 5.91 Å². The van der Waals surface area contributed by atoms with Gasteiger partial charge in [0.2, 0.25) is 0 Å². The Morgan fingerprint density at radius 3 is 2.20 bits per heavy atom. The number of hydrogen-bond donors (Lipinski definition) is 0. The normalized spacial score (nSPS) is 17.3. The second-order valence-corrected chi connectivity index (χ2v) is 11.3. The highest BCUT2D eigenvalue weighted by atomic mass is 32.2. The van der Waals surface area contributed by atoms with E-state index >= 15 is 0 Å². The van der Waals surface area contributed by atoms with Gasteiger partial charge in [-0.3, -0.25) is 9.69 Å². The number of carbonyl (C=O) groups is 1. The average Bonchev–Trinajstić information content (AvgIpc) is 3.26. The van der Waals surface area contributed by atoms with Crippen LogP contribution in [-0.2, 0) is 4.79 Å². The smallest absolute Gasteiger partial charge is 0.270 e. The molecule has 3 aromatic carbocycles. The van der Waals surface area contributed by atoms with E-state index in [1.165, 1.54) is 11.8 Å². The molecule has 0 N–H and O–H groups in total. The Bertz CT molecular complexity index is 1410. The van der Waals surface area contributed by atoms with Crippen molar-refractivity contribution in [1.82, 2.24) is 9.80 Å². The molecule has 204 valence electrons. The van der Waals surface area contributed by atoms with Gasteiger partial charge in [-0.05, 0) is 85.8 Å². The number of hydrogen-bond acceptors (Lipinski definition) is 8. The van der Waals surface area contributed by atoms with Crippen LogP contribution in [0.15, 0.2) is 77.7 Å². The second kappa shape index (κ2) is 13.1. The van der Waals surface area contributed by atoms with E-state index < -0.39 is 0 Å². The molecule has 2 saturated heterocycles. The number of rotatable bonds is 9. The summed E-state index contributed by atoms with van der Waals surface area (Å²) in [5.41, 5.74) is 2.17. The Morgan fingerprint density at radius 2 is 1.55 bits per heavy atom. The molecular formula is C31H30N4O3S2. The zero-order valence-electron chi connectivity index (χ0n) is 22.3. The standard InChI is InChI=1S/C31H30N4O3S2/c1-33-16-18-34(19-17-33)15-2-20-37-26-13-7-25(8-14-26)35-30(36)29(40-31(35)39)21-23-3-9-27(10-4-23)38-28-11-5-24(22-32)6-12-28/h3-14,21H,2,15-20H2,1H3. The third kappa shape index (κ3) is 7.09. The Labute approximate surface area is 244 Å². The van der Waals surface area contributed by atoms with Gasteiger partial charge in [-0.15, -0.1) is 0 Å². The van der Waals surface area contributed by atoms with Crippen molar-refractivity contribution in [2.24, 2.45) is 0 Å². The van der Waals surface area contributed by atoms with Crippen molar-refractivity contribution in [3.63, 3.8) is 0 Å². The number of thiocarbonyl (C=S) groups is 1. The number of piperazine rings is 1. The van der Waals surface area contributed by atoms with Gasteiger partial charge in [0.05, 0.1) is 28.8 Å². The van der Waals surface area contributed by atoms with Crippen molar-refractivity contribution in [1.29, 1.82) is 5.26 Å². The SMILES string of the molecule is CN1CCN(CCCOc2ccc(N3C(=O)C(=Cc4ccc(Oc5ccc(C#N)cc5)cc4)SC3=S)cc2)CC1. The third-order valence-electron chi connectivity index (χ3n) is 6.77. The van der Waals surface area contributed by atoms with Crippen LogP contribution < -0.4 is 14.4 Å². The number of nitriles is 1. The van der Waals surface area contributed by atoms with E-state index in [0.29, 0.717) is 32.9 Å². The minimum absolute atomic E-state index is 0.145. The summed E-state index contributed by atoms with van der Waals surface area (Å²) >= 11 is 6.83. The van der Waals surface area contributed by atoms with Gasteiger partial charge < -0.3 is 19.3 Å². The van der Waals surface area contributed by atoms with Gasteiger partial charge in [0, 0.05) is 32.7 Å². The van der Waals surface area contributed by atoms with Crippen LogP contribution in [0, 0.1) is 11.3 Å². The fourth-order valence-corrected chi connectivity index (χ4v) is 5.75.